The van der Waals surface area contributed by atoms with Gasteiger partial charge in [0.05, 0.1) is 6.20 Å². The molecule has 0 aliphatic rings. The molecule has 0 radical (unpaired) electrons. The van der Waals surface area contributed by atoms with Crippen LogP contribution < -0.4 is 5.73 Å². The van der Waals surface area contributed by atoms with Crippen LogP contribution in [0.2, 0.25) is 0 Å². The van der Waals surface area contributed by atoms with Crippen LogP contribution >= 0.6 is 20.7 Å². The van der Waals surface area contributed by atoms with Gasteiger partial charge in [-0.1, -0.05) is 0 Å². The van der Waals surface area contributed by atoms with E-state index in [-0.39, 0.29) is 0 Å². The quantitative estimate of drug-likeness (QED) is 0.789. The molecular weight excluding hydrogens is 229 g/mol. The van der Waals surface area contributed by atoms with Crippen LogP contribution in [0.1, 0.15) is 9.88 Å². The zero-order valence-corrected chi connectivity index (χ0v) is 9.68. The first-order valence-electron chi connectivity index (χ1n) is 4.14. The van der Waals surface area contributed by atoms with Crippen molar-refractivity contribution in [3.05, 3.63) is 22.3 Å². The van der Waals surface area contributed by atoms with Gasteiger partial charge in [0.1, 0.15) is 21.6 Å². The van der Waals surface area contributed by atoms with Gasteiger partial charge in [0.2, 0.25) is 0 Å². The fourth-order valence-electron chi connectivity index (χ4n) is 1.18. The minimum atomic E-state index is 0.356. The third kappa shape index (κ3) is 1.90. The van der Waals surface area contributed by atoms with E-state index in [9.17, 15) is 0 Å². The summed E-state index contributed by atoms with van der Waals surface area (Å²) in [5.41, 5.74) is 6.98. The van der Waals surface area contributed by atoms with Gasteiger partial charge in [0.25, 0.3) is 0 Å². The first-order chi connectivity index (χ1) is 7.24. The lowest BCUT2D eigenvalue weighted by Crippen LogP contribution is -1.94. The Kier molecular flexibility index (Phi) is 2.78. The standard InChI is InChI=1S/C8H8N5PS/c9-1-6-8(12-7(2-10)15-6)5-3-11-13(14)4-5/h3-4H,2,10,14H2. The van der Waals surface area contributed by atoms with Crippen molar-refractivity contribution in [2.24, 2.45) is 5.73 Å². The van der Waals surface area contributed by atoms with Crippen LogP contribution in [0.5, 0.6) is 0 Å². The van der Waals surface area contributed by atoms with Gasteiger partial charge in [-0.3, -0.25) is 4.45 Å². The van der Waals surface area contributed by atoms with E-state index < -0.39 is 0 Å². The lowest BCUT2D eigenvalue weighted by Gasteiger charge is -1.89. The van der Waals surface area contributed by atoms with Crippen molar-refractivity contribution in [1.29, 1.82) is 5.26 Å². The van der Waals surface area contributed by atoms with Gasteiger partial charge in [-0.2, -0.15) is 10.4 Å². The molecular formula is C8H8N5PS. The van der Waals surface area contributed by atoms with Crippen LogP contribution in [-0.2, 0) is 6.54 Å². The lowest BCUT2D eigenvalue weighted by atomic mass is 10.2. The molecule has 0 aliphatic carbocycles. The summed E-state index contributed by atoms with van der Waals surface area (Å²) in [6.45, 7) is 0.356. The molecule has 2 heterocycles. The molecule has 1 atom stereocenters. The summed E-state index contributed by atoms with van der Waals surface area (Å²) in [7, 11) is 2.42. The first kappa shape index (κ1) is 10.2. The predicted molar refractivity (Wildman–Crippen MR) is 61.0 cm³/mol. The molecule has 0 saturated carbocycles. The molecule has 5 nitrogen and oxygen atoms in total. The van der Waals surface area contributed by atoms with Gasteiger partial charge in [-0.15, -0.1) is 11.3 Å². The summed E-state index contributed by atoms with van der Waals surface area (Å²) in [6.07, 6.45) is 3.46. The average Bonchev–Trinajstić information content (AvgIpc) is 2.82. The molecule has 1 unspecified atom stereocenters. The molecule has 76 valence electrons. The van der Waals surface area contributed by atoms with Gasteiger partial charge >= 0.3 is 0 Å². The summed E-state index contributed by atoms with van der Waals surface area (Å²) in [5, 5.41) is 13.7. The van der Waals surface area contributed by atoms with E-state index >= 15 is 0 Å². The Balaban J connectivity index is 2.52. The van der Waals surface area contributed by atoms with Gasteiger partial charge in [-0.25, -0.2) is 4.98 Å². The fraction of sp³-hybridized carbons (Fsp3) is 0.125. The second kappa shape index (κ2) is 4.07. The van der Waals surface area contributed by atoms with E-state index in [1.165, 1.54) is 11.3 Å². The molecule has 0 bridgehead atoms. The Hall–Kier alpha value is -1.28. The molecule has 0 amide bonds. The Labute approximate surface area is 92.8 Å². The smallest absolute Gasteiger partial charge is 0.133 e. The number of nitrogens with two attached hydrogens (primary N) is 1. The van der Waals surface area contributed by atoms with E-state index in [1.807, 2.05) is 0 Å². The Morgan fingerprint density at radius 2 is 2.47 bits per heavy atom. The summed E-state index contributed by atoms with van der Waals surface area (Å²) >= 11 is 1.32. The second-order valence-corrected chi connectivity index (χ2v) is 4.42. The molecule has 2 N–H and O–H groups in total. The average molecular weight is 237 g/mol. The van der Waals surface area contributed by atoms with E-state index in [4.69, 9.17) is 11.0 Å². The number of hydrogen-bond acceptors (Lipinski definition) is 5. The number of nitrogens with zero attached hydrogens (tertiary/aromatic N) is 4. The monoisotopic (exact) mass is 237 g/mol. The predicted octanol–water partition coefficient (Wildman–Crippen LogP) is 0.975. The zero-order chi connectivity index (χ0) is 10.8. The maximum absolute atomic E-state index is 8.94. The van der Waals surface area contributed by atoms with E-state index in [2.05, 4.69) is 25.5 Å². The van der Waals surface area contributed by atoms with Crippen molar-refractivity contribution in [3.8, 4) is 17.3 Å². The van der Waals surface area contributed by atoms with E-state index in [1.54, 1.807) is 16.8 Å². The summed E-state index contributed by atoms with van der Waals surface area (Å²) in [6, 6.07) is 2.11. The van der Waals surface area contributed by atoms with E-state index in [0.29, 0.717) is 17.1 Å². The Bertz CT molecular complexity index is 523. The van der Waals surface area contributed by atoms with Crippen molar-refractivity contribution in [2.75, 3.05) is 0 Å². The van der Waals surface area contributed by atoms with Gasteiger partial charge < -0.3 is 5.73 Å². The molecule has 2 aromatic rings. The van der Waals surface area contributed by atoms with Gasteiger partial charge in [-0.05, 0) is 9.39 Å². The van der Waals surface area contributed by atoms with Crippen LogP contribution in [0.25, 0.3) is 11.3 Å². The van der Waals surface area contributed by atoms with Crippen molar-refractivity contribution in [3.63, 3.8) is 0 Å². The first-order valence-corrected chi connectivity index (χ1v) is 5.48. The molecule has 15 heavy (non-hydrogen) atoms. The van der Waals surface area contributed by atoms with Crippen molar-refractivity contribution in [2.45, 2.75) is 6.54 Å². The maximum Gasteiger partial charge on any atom is 0.133 e. The lowest BCUT2D eigenvalue weighted by molar-refractivity contribution is 1.01. The topological polar surface area (TPSA) is 80.5 Å². The summed E-state index contributed by atoms with van der Waals surface area (Å²) < 4.78 is 1.60. The summed E-state index contributed by atoms with van der Waals surface area (Å²) in [5.74, 6) is 0. The number of thiazole rings is 1. The molecule has 0 aliphatic heterocycles. The Morgan fingerprint density at radius 3 is 3.00 bits per heavy atom. The summed E-state index contributed by atoms with van der Waals surface area (Å²) in [4.78, 5) is 4.87. The minimum Gasteiger partial charge on any atom is -0.325 e. The van der Waals surface area contributed by atoms with Crippen molar-refractivity contribution >= 4 is 20.7 Å². The minimum absolute atomic E-state index is 0.356. The van der Waals surface area contributed by atoms with Crippen LogP contribution in [-0.4, -0.2) is 14.5 Å². The van der Waals surface area contributed by atoms with Crippen LogP contribution in [0.15, 0.2) is 12.4 Å². The van der Waals surface area contributed by atoms with Crippen LogP contribution in [0, 0.1) is 11.3 Å². The number of aromatic nitrogens is 3. The van der Waals surface area contributed by atoms with E-state index in [0.717, 1.165) is 10.6 Å². The highest BCUT2D eigenvalue weighted by Crippen LogP contribution is 2.27. The Morgan fingerprint density at radius 1 is 1.67 bits per heavy atom. The molecule has 0 saturated heterocycles. The maximum atomic E-state index is 8.94. The highest BCUT2D eigenvalue weighted by atomic mass is 32.1. The second-order valence-electron chi connectivity index (χ2n) is 2.81. The van der Waals surface area contributed by atoms with Crippen molar-refractivity contribution in [1.82, 2.24) is 14.5 Å². The van der Waals surface area contributed by atoms with Crippen molar-refractivity contribution < 1.29 is 0 Å². The van der Waals surface area contributed by atoms with Crippen LogP contribution in [0.3, 0.4) is 0 Å². The number of rotatable bonds is 2. The molecule has 0 spiro atoms. The number of nitriles is 1. The largest absolute Gasteiger partial charge is 0.325 e. The molecule has 7 heteroatoms. The normalized spacial score (nSPS) is 10.2. The fourth-order valence-corrected chi connectivity index (χ4v) is 2.17. The third-order valence-electron chi connectivity index (χ3n) is 1.82. The molecule has 0 aromatic carbocycles. The highest BCUT2D eigenvalue weighted by molar-refractivity contribution is 7.14. The number of hydrogen-bond donors (Lipinski definition) is 1. The van der Waals surface area contributed by atoms with Gasteiger partial charge in [0.15, 0.2) is 0 Å². The molecule has 2 rings (SSSR count). The highest BCUT2D eigenvalue weighted by Gasteiger charge is 2.13. The SMILES string of the molecule is N#Cc1sc(CN)nc1-c1cnn(P)c1. The molecule has 2 aromatic heterocycles. The van der Waals surface area contributed by atoms with Crippen LogP contribution in [0.4, 0.5) is 0 Å². The molecule has 0 fully saturated rings. The third-order valence-corrected chi connectivity index (χ3v) is 3.09. The zero-order valence-electron chi connectivity index (χ0n) is 7.71. The van der Waals surface area contributed by atoms with Gasteiger partial charge in [0, 0.05) is 18.3 Å².